The second kappa shape index (κ2) is 9.63. The van der Waals surface area contributed by atoms with E-state index in [9.17, 15) is 9.59 Å². The van der Waals surface area contributed by atoms with Crippen molar-refractivity contribution in [1.82, 2.24) is 10.2 Å². The van der Waals surface area contributed by atoms with E-state index >= 15 is 0 Å². The molecule has 3 heterocycles. The summed E-state index contributed by atoms with van der Waals surface area (Å²) >= 11 is 0. The Balaban J connectivity index is 1.39. The van der Waals surface area contributed by atoms with Crippen LogP contribution < -0.4 is 15.0 Å². The average molecular weight is 478 g/mol. The van der Waals surface area contributed by atoms with Crippen LogP contribution in [0, 0.1) is 0 Å². The lowest BCUT2D eigenvalue weighted by molar-refractivity contribution is -0.132. The van der Waals surface area contributed by atoms with E-state index in [1.165, 1.54) is 0 Å². The number of hydrogen-bond acceptors (Lipinski definition) is 5. The van der Waals surface area contributed by atoms with E-state index < -0.39 is 5.60 Å². The fraction of sp³-hybridized carbons (Fsp3) is 0.500. The van der Waals surface area contributed by atoms with E-state index in [0.29, 0.717) is 36.8 Å². The Morgan fingerprint density at radius 2 is 1.97 bits per heavy atom. The number of fused-ring (bicyclic) bond motifs is 2. The Bertz CT molecular complexity index is 1090. The topological polar surface area (TPSA) is 71.1 Å². The SMILES string of the molecule is CC1Cc2cc3c(cc2C(=O)N1C1CCCNC1)N(CCOCc1ccccc1)C(=O)C(C)(C)O3. The van der Waals surface area contributed by atoms with Crippen LogP contribution in [0.1, 0.15) is 55.1 Å². The first kappa shape index (κ1) is 23.8. The van der Waals surface area contributed by atoms with Crippen LogP contribution in [-0.4, -0.2) is 60.6 Å². The van der Waals surface area contributed by atoms with Crippen molar-refractivity contribution in [3.63, 3.8) is 0 Å². The zero-order chi connectivity index (χ0) is 24.6. The van der Waals surface area contributed by atoms with E-state index in [2.05, 4.69) is 12.2 Å². The maximum atomic E-state index is 13.7. The molecule has 186 valence electrons. The Morgan fingerprint density at radius 1 is 1.17 bits per heavy atom. The highest BCUT2D eigenvalue weighted by Crippen LogP contribution is 2.42. The van der Waals surface area contributed by atoms with Gasteiger partial charge in [-0.05, 0) is 69.8 Å². The van der Waals surface area contributed by atoms with Gasteiger partial charge in [-0.2, -0.15) is 0 Å². The first-order valence-corrected chi connectivity index (χ1v) is 12.7. The molecule has 2 aromatic rings. The van der Waals surface area contributed by atoms with Gasteiger partial charge in [0.05, 0.1) is 18.9 Å². The van der Waals surface area contributed by atoms with Gasteiger partial charge in [0.15, 0.2) is 5.60 Å². The van der Waals surface area contributed by atoms with Crippen LogP contribution in [0.3, 0.4) is 0 Å². The van der Waals surface area contributed by atoms with Gasteiger partial charge in [0, 0.05) is 30.7 Å². The predicted octanol–water partition coefficient (Wildman–Crippen LogP) is 3.55. The van der Waals surface area contributed by atoms with E-state index in [4.69, 9.17) is 9.47 Å². The van der Waals surface area contributed by atoms with Gasteiger partial charge < -0.3 is 24.6 Å². The number of amides is 2. The van der Waals surface area contributed by atoms with Crippen molar-refractivity contribution in [3.8, 4) is 5.75 Å². The molecule has 0 saturated carbocycles. The van der Waals surface area contributed by atoms with Gasteiger partial charge in [0.1, 0.15) is 5.75 Å². The van der Waals surface area contributed by atoms with E-state index in [1.807, 2.05) is 47.4 Å². The largest absolute Gasteiger partial charge is 0.476 e. The van der Waals surface area contributed by atoms with Crippen molar-refractivity contribution >= 4 is 17.5 Å². The summed E-state index contributed by atoms with van der Waals surface area (Å²) in [6, 6.07) is 14.1. The molecular weight excluding hydrogens is 442 g/mol. The van der Waals surface area contributed by atoms with Gasteiger partial charge >= 0.3 is 0 Å². The molecule has 5 rings (SSSR count). The molecular formula is C28H35N3O4. The molecule has 2 atom stereocenters. The molecule has 1 saturated heterocycles. The summed E-state index contributed by atoms with van der Waals surface area (Å²) in [6.45, 7) is 8.82. The van der Waals surface area contributed by atoms with Gasteiger partial charge in [-0.3, -0.25) is 9.59 Å². The highest BCUT2D eigenvalue weighted by molar-refractivity contribution is 6.05. The first-order valence-electron chi connectivity index (χ1n) is 12.7. The molecule has 0 aliphatic carbocycles. The Kier molecular flexibility index (Phi) is 6.55. The highest BCUT2D eigenvalue weighted by atomic mass is 16.5. The summed E-state index contributed by atoms with van der Waals surface area (Å²) in [5, 5.41) is 3.43. The molecule has 0 aromatic heterocycles. The van der Waals surface area contributed by atoms with Crippen LogP contribution in [0.15, 0.2) is 42.5 Å². The number of nitrogens with one attached hydrogen (secondary N) is 1. The Hall–Kier alpha value is -2.90. The van der Waals surface area contributed by atoms with Crippen LogP contribution in [0.4, 0.5) is 5.69 Å². The van der Waals surface area contributed by atoms with Gasteiger partial charge in [-0.1, -0.05) is 30.3 Å². The molecule has 2 unspecified atom stereocenters. The van der Waals surface area contributed by atoms with E-state index in [0.717, 1.165) is 43.5 Å². The van der Waals surface area contributed by atoms with Crippen molar-refractivity contribution in [2.75, 3.05) is 31.1 Å². The van der Waals surface area contributed by atoms with Crippen LogP contribution in [0.2, 0.25) is 0 Å². The van der Waals surface area contributed by atoms with Crippen LogP contribution in [0.5, 0.6) is 5.75 Å². The minimum Gasteiger partial charge on any atom is -0.476 e. The molecule has 7 nitrogen and oxygen atoms in total. The number of nitrogens with zero attached hydrogens (tertiary/aromatic N) is 2. The molecule has 0 spiro atoms. The molecule has 1 N–H and O–H groups in total. The number of ether oxygens (including phenoxy) is 2. The molecule has 3 aliphatic heterocycles. The second-order valence-corrected chi connectivity index (χ2v) is 10.4. The normalized spacial score (nSPS) is 23.5. The number of hydrogen-bond donors (Lipinski definition) is 1. The van der Waals surface area contributed by atoms with Crippen molar-refractivity contribution in [1.29, 1.82) is 0 Å². The molecule has 1 fully saturated rings. The number of piperidine rings is 1. The monoisotopic (exact) mass is 477 g/mol. The van der Waals surface area contributed by atoms with Gasteiger partial charge in [0.25, 0.3) is 11.8 Å². The average Bonchev–Trinajstić information content (AvgIpc) is 2.84. The quantitative estimate of drug-likeness (QED) is 0.645. The van der Waals surface area contributed by atoms with E-state index in [1.54, 1.807) is 18.7 Å². The fourth-order valence-corrected chi connectivity index (χ4v) is 5.52. The second-order valence-electron chi connectivity index (χ2n) is 10.4. The lowest BCUT2D eigenvalue weighted by Crippen LogP contribution is -2.55. The third-order valence-corrected chi connectivity index (χ3v) is 7.29. The number of carbonyl (C=O) groups is 2. The van der Waals surface area contributed by atoms with Crippen LogP contribution >= 0.6 is 0 Å². The lowest BCUT2D eigenvalue weighted by Gasteiger charge is -2.43. The highest BCUT2D eigenvalue weighted by Gasteiger charge is 2.43. The summed E-state index contributed by atoms with van der Waals surface area (Å²) < 4.78 is 12.0. The fourth-order valence-electron chi connectivity index (χ4n) is 5.52. The van der Waals surface area contributed by atoms with Crippen molar-refractivity contribution in [2.24, 2.45) is 0 Å². The van der Waals surface area contributed by atoms with Crippen molar-refractivity contribution in [2.45, 2.75) is 64.3 Å². The zero-order valence-corrected chi connectivity index (χ0v) is 20.9. The Morgan fingerprint density at radius 3 is 2.71 bits per heavy atom. The van der Waals surface area contributed by atoms with Crippen molar-refractivity contribution < 1.29 is 19.1 Å². The third-order valence-electron chi connectivity index (χ3n) is 7.29. The number of anilines is 1. The minimum atomic E-state index is -0.981. The van der Waals surface area contributed by atoms with Crippen LogP contribution in [-0.2, 0) is 22.6 Å². The summed E-state index contributed by atoms with van der Waals surface area (Å²) in [7, 11) is 0. The third kappa shape index (κ3) is 4.67. The van der Waals surface area contributed by atoms with E-state index in [-0.39, 0.29) is 23.9 Å². The van der Waals surface area contributed by atoms with Crippen molar-refractivity contribution in [3.05, 3.63) is 59.2 Å². The minimum absolute atomic E-state index is 0.0489. The summed E-state index contributed by atoms with van der Waals surface area (Å²) in [6.07, 6.45) is 2.87. The standard InChI is InChI=1S/C28H35N3O4/c1-19-14-21-15-25-24(16-23(21)26(32)31(19)22-10-7-11-29-17-22)30(27(33)28(2,3)35-25)12-13-34-18-20-8-5-4-6-9-20/h4-6,8-9,15-16,19,22,29H,7,10-14,17-18H2,1-3H3. The number of rotatable bonds is 6. The maximum absolute atomic E-state index is 13.7. The molecule has 2 amide bonds. The first-order chi connectivity index (χ1) is 16.8. The van der Waals surface area contributed by atoms with Crippen LogP contribution in [0.25, 0.3) is 0 Å². The molecule has 7 heteroatoms. The number of benzene rings is 2. The molecule has 0 bridgehead atoms. The maximum Gasteiger partial charge on any atom is 0.270 e. The predicted molar refractivity (Wildman–Crippen MR) is 135 cm³/mol. The molecule has 3 aliphatic rings. The van der Waals surface area contributed by atoms with Gasteiger partial charge in [-0.25, -0.2) is 0 Å². The lowest BCUT2D eigenvalue weighted by atomic mass is 9.89. The summed E-state index contributed by atoms with van der Waals surface area (Å²) in [5.41, 5.74) is 2.43. The molecule has 35 heavy (non-hydrogen) atoms. The zero-order valence-electron chi connectivity index (χ0n) is 20.9. The smallest absolute Gasteiger partial charge is 0.270 e. The molecule has 2 aromatic carbocycles. The summed E-state index contributed by atoms with van der Waals surface area (Å²) in [4.78, 5) is 30.8. The number of carbonyl (C=O) groups excluding carboxylic acids is 2. The summed E-state index contributed by atoms with van der Waals surface area (Å²) in [5.74, 6) is 0.579. The van der Waals surface area contributed by atoms with Gasteiger partial charge in [-0.15, -0.1) is 0 Å². The Labute approximate surface area is 207 Å². The van der Waals surface area contributed by atoms with Gasteiger partial charge in [0.2, 0.25) is 0 Å². The molecule has 0 radical (unpaired) electrons.